The van der Waals surface area contributed by atoms with Crippen molar-refractivity contribution in [2.45, 2.75) is 145 Å². The molecule has 0 bridgehead atoms. The second-order valence-corrected chi connectivity index (χ2v) is 23.0. The summed E-state index contributed by atoms with van der Waals surface area (Å²) in [6.45, 7) is 6.17. The molecular formula is C63H84N8O17. The Morgan fingerprint density at radius 3 is 1.84 bits per heavy atom. The number of hydrogen-bond donors (Lipinski definition) is 14. The fourth-order valence-corrected chi connectivity index (χ4v) is 11.1. The molecule has 25 nitrogen and oxygen atoms in total. The van der Waals surface area contributed by atoms with Crippen LogP contribution in [0.4, 0.5) is 0 Å². The highest BCUT2D eigenvalue weighted by atomic mass is 16.5. The standard InChI is InChI=1S/C63H84N8O17/c1-5-6-7-27-87-45-22-18-40(19-23-45)38-10-8-37(9-11-38)39-12-14-42(15-13-39)57(81)66-47-31-50(77)61(88-28-26-65-25-24-64)69-60(84)53-54(78)34(2)32-71(53)63(86)52(36(4)73)67-58(82)46(56(80)55(79)41-16-20-43(74)21-17-41)30-49(76)48-29-44(75)33-70(48)62(85)51(35(3)72)68-59(47)83/h8-23,34-36,44,46-48,50-56,61,65,72-75,77-80H,5-7,24-33,64H2,1-4H3,(H,66,81)(H,67,82)(H,68,83)(H,69,84)/t34-,35+,36+,44+,46?,47-,48?,50+,51?,52?,53?,54-,55-,56-,61?/m0/s1. The number of nitrogens with zero attached hydrogens (tertiary/aromatic N) is 2. The third-order valence-electron chi connectivity index (χ3n) is 16.2. The Morgan fingerprint density at radius 1 is 0.693 bits per heavy atom. The number of ketones is 1. The van der Waals surface area contributed by atoms with E-state index in [0.717, 1.165) is 70.9 Å². The number of phenols is 1. The molecule has 3 fully saturated rings. The van der Waals surface area contributed by atoms with Crippen molar-refractivity contribution >= 4 is 41.2 Å². The highest BCUT2D eigenvalue weighted by Crippen LogP contribution is 2.32. The molecule has 3 aliphatic heterocycles. The van der Waals surface area contributed by atoms with Crippen LogP contribution < -0.4 is 37.1 Å². The van der Waals surface area contributed by atoms with E-state index in [4.69, 9.17) is 15.2 Å². The van der Waals surface area contributed by atoms with E-state index < -0.39 is 158 Å². The van der Waals surface area contributed by atoms with Gasteiger partial charge >= 0.3 is 0 Å². The van der Waals surface area contributed by atoms with Gasteiger partial charge in [-0.25, -0.2) is 0 Å². The van der Waals surface area contributed by atoms with Crippen LogP contribution in [0.2, 0.25) is 0 Å². The van der Waals surface area contributed by atoms with Crippen LogP contribution in [0.25, 0.3) is 22.3 Å². The molecule has 0 aromatic heterocycles. The molecular weight excluding hydrogens is 1140 g/mol. The summed E-state index contributed by atoms with van der Waals surface area (Å²) in [6.07, 6.45) is -13.4. The molecule has 6 amide bonds. The van der Waals surface area contributed by atoms with Gasteiger partial charge in [0.05, 0.1) is 55.7 Å². The molecule has 4 aromatic carbocycles. The molecule has 478 valence electrons. The Bertz CT molecular complexity index is 2990. The van der Waals surface area contributed by atoms with Crippen LogP contribution in [-0.2, 0) is 33.5 Å². The molecule has 15 atom stereocenters. The molecule has 15 N–H and O–H groups in total. The van der Waals surface area contributed by atoms with E-state index in [-0.39, 0.29) is 43.1 Å². The summed E-state index contributed by atoms with van der Waals surface area (Å²) >= 11 is 0. The number of rotatable bonds is 20. The Morgan fingerprint density at radius 2 is 1.26 bits per heavy atom. The molecule has 88 heavy (non-hydrogen) atoms. The van der Waals surface area contributed by atoms with Crippen LogP contribution in [0.5, 0.6) is 11.5 Å². The lowest BCUT2D eigenvalue weighted by Crippen LogP contribution is -2.61. The van der Waals surface area contributed by atoms with E-state index in [2.05, 4.69) is 33.5 Å². The second-order valence-electron chi connectivity index (χ2n) is 23.0. The maximum Gasteiger partial charge on any atom is 0.251 e. The predicted octanol–water partition coefficient (Wildman–Crippen LogP) is -0.264. The highest BCUT2D eigenvalue weighted by molar-refractivity contribution is 6.00. The van der Waals surface area contributed by atoms with Crippen molar-refractivity contribution in [1.82, 2.24) is 36.4 Å². The van der Waals surface area contributed by atoms with Crippen LogP contribution in [-0.4, -0.2) is 211 Å². The summed E-state index contributed by atoms with van der Waals surface area (Å²) in [5.41, 5.74) is 9.15. The van der Waals surface area contributed by atoms with Crippen molar-refractivity contribution in [1.29, 1.82) is 0 Å². The van der Waals surface area contributed by atoms with Crippen LogP contribution in [0, 0.1) is 11.8 Å². The SMILES string of the molecule is CCCCCOc1ccc(-c2ccc(-c3ccc(C(=O)N[C@H]4C[C@@H](O)C(OCCNCCN)NC(=O)C5[C@@H](O)[C@@H](C)CN5C(=O)C([C@@H](C)O)NC(=O)C([C@H](O)[C@@H](O)c5ccc(O)cc5)CC(=O)C5C[C@@H](O)CN5C(=O)C([C@@H](C)O)NC4=O)cc3)cc2)cc1. The summed E-state index contributed by atoms with van der Waals surface area (Å²) in [4.78, 5) is 104. The Labute approximate surface area is 510 Å². The number of Topliss-reactive ketones (excluding diaryl/α,β-unsaturated/α-hetero) is 1. The number of aliphatic hydroxyl groups excluding tert-OH is 7. The third-order valence-corrected chi connectivity index (χ3v) is 16.2. The predicted molar refractivity (Wildman–Crippen MR) is 320 cm³/mol. The lowest BCUT2D eigenvalue weighted by atomic mass is 9.86. The Kier molecular flexibility index (Phi) is 24.5. The number of ether oxygens (including phenoxy) is 2. The summed E-state index contributed by atoms with van der Waals surface area (Å²) in [7, 11) is 0. The average molecular weight is 1230 g/mol. The fourth-order valence-electron chi connectivity index (χ4n) is 11.1. The van der Waals surface area contributed by atoms with Crippen molar-refractivity contribution in [3.63, 3.8) is 0 Å². The van der Waals surface area contributed by atoms with Gasteiger partial charge in [0, 0.05) is 63.5 Å². The van der Waals surface area contributed by atoms with Crippen molar-refractivity contribution < 1.29 is 83.9 Å². The number of amides is 6. The first-order valence-electron chi connectivity index (χ1n) is 29.9. The van der Waals surface area contributed by atoms with Crippen molar-refractivity contribution in [2.75, 3.05) is 45.9 Å². The van der Waals surface area contributed by atoms with Crippen LogP contribution in [0.15, 0.2) is 97.1 Å². The molecule has 0 aliphatic carbocycles. The van der Waals surface area contributed by atoms with Gasteiger partial charge in [0.15, 0.2) is 12.0 Å². The molecule has 3 aliphatic rings. The highest BCUT2D eigenvalue weighted by Gasteiger charge is 2.50. The maximum atomic E-state index is 14.8. The van der Waals surface area contributed by atoms with Gasteiger partial charge in [0.25, 0.3) is 5.91 Å². The van der Waals surface area contributed by atoms with Gasteiger partial charge in [-0.1, -0.05) is 87.4 Å². The van der Waals surface area contributed by atoms with Crippen LogP contribution in [0.1, 0.15) is 88.2 Å². The average Bonchev–Trinajstić information content (AvgIpc) is 2.10. The summed E-state index contributed by atoms with van der Waals surface area (Å²) in [5.74, 6) is -9.85. The minimum absolute atomic E-state index is 0.0281. The van der Waals surface area contributed by atoms with Gasteiger partial charge in [0.2, 0.25) is 29.5 Å². The fraction of sp³-hybridized carbons (Fsp3) is 0.508. The lowest BCUT2D eigenvalue weighted by molar-refractivity contribution is -0.150. The second kappa shape index (κ2) is 31.7. The largest absolute Gasteiger partial charge is 0.508 e. The number of aromatic hydroxyl groups is 1. The Balaban J connectivity index is 1.22. The number of benzene rings is 4. The minimum atomic E-state index is -2.18. The zero-order valence-corrected chi connectivity index (χ0v) is 49.8. The molecule has 25 heteroatoms. The molecule has 4 aromatic rings. The van der Waals surface area contributed by atoms with E-state index in [1.54, 1.807) is 12.1 Å². The van der Waals surface area contributed by atoms with E-state index in [9.17, 15) is 74.4 Å². The number of carbonyl (C=O) groups is 7. The first-order chi connectivity index (χ1) is 42.0. The van der Waals surface area contributed by atoms with Crippen molar-refractivity contribution in [2.24, 2.45) is 17.6 Å². The van der Waals surface area contributed by atoms with Gasteiger partial charge in [-0.05, 0) is 84.5 Å². The molecule has 7 rings (SSSR count). The zero-order chi connectivity index (χ0) is 63.9. The number of carbonyl (C=O) groups excluding carboxylic acids is 7. The molecule has 0 radical (unpaired) electrons. The van der Waals surface area contributed by atoms with Gasteiger partial charge in [0.1, 0.15) is 47.9 Å². The van der Waals surface area contributed by atoms with Crippen molar-refractivity contribution in [3.8, 4) is 33.8 Å². The number of nitrogens with two attached hydrogens (primary N) is 1. The smallest absolute Gasteiger partial charge is 0.251 e. The maximum absolute atomic E-state index is 14.8. The summed E-state index contributed by atoms with van der Waals surface area (Å²) in [5, 5.41) is 103. The minimum Gasteiger partial charge on any atom is -0.508 e. The van der Waals surface area contributed by atoms with Gasteiger partial charge < -0.3 is 92.4 Å². The lowest BCUT2D eigenvalue weighted by Gasteiger charge is -2.34. The third kappa shape index (κ3) is 17.2. The number of unbranched alkanes of at least 4 members (excludes halogenated alkanes) is 2. The number of fused-ring (bicyclic) bond motifs is 2. The van der Waals surface area contributed by atoms with E-state index in [0.29, 0.717) is 13.2 Å². The molecule has 0 saturated carbocycles. The quantitative estimate of drug-likeness (QED) is 0.0507. The van der Waals surface area contributed by atoms with E-state index in [1.165, 1.54) is 43.3 Å². The number of hydrogen-bond acceptors (Lipinski definition) is 19. The normalized spacial score (nSPS) is 26.6. The first kappa shape index (κ1) is 68.1. The number of aliphatic hydroxyl groups is 7. The molecule has 3 heterocycles. The summed E-state index contributed by atoms with van der Waals surface area (Å²) in [6, 6.07) is 17.7. The van der Waals surface area contributed by atoms with Gasteiger partial charge in [-0.2, -0.15) is 0 Å². The van der Waals surface area contributed by atoms with Gasteiger partial charge in [-0.3, -0.25) is 33.6 Å². The molecule has 3 saturated heterocycles. The summed E-state index contributed by atoms with van der Waals surface area (Å²) < 4.78 is 11.9. The van der Waals surface area contributed by atoms with Crippen molar-refractivity contribution in [3.05, 3.63) is 108 Å². The monoisotopic (exact) mass is 1220 g/mol. The number of phenolic OH excluding ortho intramolecular Hbond substituents is 1. The molecule has 6 unspecified atom stereocenters. The topological polar surface area (TPSA) is 392 Å². The number of nitrogens with one attached hydrogen (secondary N) is 5. The van der Waals surface area contributed by atoms with Crippen LogP contribution >= 0.6 is 0 Å². The first-order valence-corrected chi connectivity index (χ1v) is 29.9. The van der Waals surface area contributed by atoms with Crippen LogP contribution in [0.3, 0.4) is 0 Å². The zero-order valence-electron chi connectivity index (χ0n) is 49.8. The van der Waals surface area contributed by atoms with E-state index in [1.807, 2.05) is 48.5 Å². The van der Waals surface area contributed by atoms with Gasteiger partial charge in [-0.15, -0.1) is 0 Å². The molecule has 0 spiro atoms. The van der Waals surface area contributed by atoms with E-state index >= 15 is 0 Å². The Hall–Kier alpha value is -7.43.